The molecule has 0 fully saturated rings. The van der Waals surface area contributed by atoms with Crippen LogP contribution in [0.15, 0.2) is 0 Å². The summed E-state index contributed by atoms with van der Waals surface area (Å²) in [6, 6.07) is 2.13. The third-order valence-electron chi connectivity index (χ3n) is 3.38. The van der Waals surface area contributed by atoms with Crippen molar-refractivity contribution in [3.05, 3.63) is 0 Å². The average Bonchev–Trinajstić information content (AvgIpc) is 2.35. The fourth-order valence-electron chi connectivity index (χ4n) is 2.09. The standard InChI is InChI=1S/C15H36N2O2SSi/c1-7-13-21(14-8-15(2)20,18-11-9-16(3)4)19-12-10-17(5)6/h15,20H,7-14H2,1-6H3. The van der Waals surface area contributed by atoms with Gasteiger partial charge in [0.15, 0.2) is 0 Å². The molecule has 0 spiro atoms. The second kappa shape index (κ2) is 11.9. The lowest BCUT2D eigenvalue weighted by molar-refractivity contribution is 0.143. The summed E-state index contributed by atoms with van der Waals surface area (Å²) in [5.41, 5.74) is 0. The van der Waals surface area contributed by atoms with E-state index in [4.69, 9.17) is 8.85 Å². The van der Waals surface area contributed by atoms with Crippen LogP contribution in [-0.2, 0) is 8.85 Å². The average molecular weight is 337 g/mol. The molecule has 0 aliphatic heterocycles. The maximum Gasteiger partial charge on any atom is 0.338 e. The van der Waals surface area contributed by atoms with Crippen LogP contribution in [0.25, 0.3) is 0 Å². The smallest absolute Gasteiger partial charge is 0.338 e. The molecule has 0 saturated heterocycles. The molecule has 0 radical (unpaired) electrons. The van der Waals surface area contributed by atoms with Gasteiger partial charge in [0.2, 0.25) is 0 Å². The Balaban J connectivity index is 4.60. The number of thiol groups is 1. The highest BCUT2D eigenvalue weighted by Gasteiger charge is 2.36. The van der Waals surface area contributed by atoms with Crippen LogP contribution in [0.4, 0.5) is 0 Å². The molecular weight excluding hydrogens is 300 g/mol. The van der Waals surface area contributed by atoms with Gasteiger partial charge in [-0.3, -0.25) is 0 Å². The molecule has 1 unspecified atom stereocenters. The van der Waals surface area contributed by atoms with Crippen LogP contribution < -0.4 is 0 Å². The van der Waals surface area contributed by atoms with E-state index >= 15 is 0 Å². The minimum absolute atomic E-state index is 0.406. The molecule has 0 aromatic rings. The summed E-state index contributed by atoms with van der Waals surface area (Å²) in [7, 11) is 6.22. The van der Waals surface area contributed by atoms with Crippen molar-refractivity contribution >= 4 is 21.2 Å². The largest absolute Gasteiger partial charge is 0.393 e. The fraction of sp³-hybridized carbons (Fsp3) is 1.00. The first-order chi connectivity index (χ1) is 9.81. The topological polar surface area (TPSA) is 24.9 Å². The number of hydrogen-bond donors (Lipinski definition) is 1. The summed E-state index contributed by atoms with van der Waals surface area (Å²) in [6.07, 6.45) is 2.19. The van der Waals surface area contributed by atoms with Crippen LogP contribution in [0.2, 0.25) is 12.1 Å². The van der Waals surface area contributed by atoms with Crippen LogP contribution in [0, 0.1) is 0 Å². The van der Waals surface area contributed by atoms with E-state index in [0.29, 0.717) is 5.25 Å². The van der Waals surface area contributed by atoms with Crippen molar-refractivity contribution in [1.29, 1.82) is 0 Å². The predicted octanol–water partition coefficient (Wildman–Crippen LogP) is 2.70. The van der Waals surface area contributed by atoms with Gasteiger partial charge in [-0.2, -0.15) is 12.6 Å². The third kappa shape index (κ3) is 11.6. The van der Waals surface area contributed by atoms with Gasteiger partial charge in [-0.25, -0.2) is 0 Å². The van der Waals surface area contributed by atoms with Gasteiger partial charge in [0.1, 0.15) is 0 Å². The minimum Gasteiger partial charge on any atom is -0.393 e. The van der Waals surface area contributed by atoms with Gasteiger partial charge in [0.05, 0.1) is 0 Å². The Kier molecular flexibility index (Phi) is 12.1. The van der Waals surface area contributed by atoms with Crippen molar-refractivity contribution in [2.75, 3.05) is 54.5 Å². The van der Waals surface area contributed by atoms with Crippen LogP contribution in [0.3, 0.4) is 0 Å². The quantitative estimate of drug-likeness (QED) is 0.413. The van der Waals surface area contributed by atoms with E-state index in [1.807, 2.05) is 0 Å². The highest BCUT2D eigenvalue weighted by Crippen LogP contribution is 2.25. The lowest BCUT2D eigenvalue weighted by Crippen LogP contribution is -2.45. The monoisotopic (exact) mass is 336 g/mol. The Labute approximate surface area is 138 Å². The molecule has 0 aliphatic rings. The normalized spacial score (nSPS) is 14.1. The van der Waals surface area contributed by atoms with E-state index in [9.17, 15) is 0 Å². The number of likely N-dealkylation sites (N-methyl/N-ethyl adjacent to an activating group) is 2. The minimum atomic E-state index is -2.09. The van der Waals surface area contributed by atoms with Gasteiger partial charge >= 0.3 is 8.56 Å². The van der Waals surface area contributed by atoms with E-state index in [-0.39, 0.29) is 0 Å². The number of rotatable bonds is 13. The Morgan fingerprint density at radius 1 is 0.952 bits per heavy atom. The highest BCUT2D eigenvalue weighted by atomic mass is 32.1. The Morgan fingerprint density at radius 2 is 1.43 bits per heavy atom. The second-order valence-electron chi connectivity index (χ2n) is 6.35. The number of nitrogens with zero attached hydrogens (tertiary/aromatic N) is 2. The lowest BCUT2D eigenvalue weighted by atomic mass is 10.4. The second-order valence-corrected chi connectivity index (χ2v) is 10.6. The zero-order chi connectivity index (χ0) is 16.3. The van der Waals surface area contributed by atoms with Crippen LogP contribution in [0.5, 0.6) is 0 Å². The van der Waals surface area contributed by atoms with Crippen LogP contribution >= 0.6 is 12.6 Å². The molecule has 0 rings (SSSR count). The summed E-state index contributed by atoms with van der Waals surface area (Å²) >= 11 is 4.52. The molecule has 0 saturated carbocycles. The Bertz CT molecular complexity index is 240. The molecule has 0 aromatic carbocycles. The summed E-state index contributed by atoms with van der Waals surface area (Å²) in [6.45, 7) is 7.80. The first-order valence-corrected chi connectivity index (χ1v) is 10.8. The van der Waals surface area contributed by atoms with Crippen LogP contribution in [-0.4, -0.2) is 78.1 Å². The van der Waals surface area contributed by atoms with Crippen molar-refractivity contribution in [3.8, 4) is 0 Å². The molecule has 4 nitrogen and oxygen atoms in total. The molecule has 0 amide bonds. The van der Waals surface area contributed by atoms with Crippen molar-refractivity contribution < 1.29 is 8.85 Å². The molecular formula is C15H36N2O2SSi. The SMILES string of the molecule is CCC[Si](CCC(C)S)(OCCN(C)C)OCCN(C)C. The maximum atomic E-state index is 6.34. The first-order valence-electron chi connectivity index (χ1n) is 8.06. The van der Waals surface area contributed by atoms with E-state index in [1.165, 1.54) is 0 Å². The number of hydrogen-bond acceptors (Lipinski definition) is 5. The molecule has 21 heavy (non-hydrogen) atoms. The van der Waals surface area contributed by atoms with E-state index in [2.05, 4.69) is 64.5 Å². The molecule has 0 aliphatic carbocycles. The predicted molar refractivity (Wildman–Crippen MR) is 97.7 cm³/mol. The van der Waals surface area contributed by atoms with E-state index in [0.717, 1.165) is 51.2 Å². The van der Waals surface area contributed by atoms with Crippen LogP contribution in [0.1, 0.15) is 26.7 Å². The molecule has 0 heterocycles. The van der Waals surface area contributed by atoms with Crippen molar-refractivity contribution in [2.45, 2.75) is 44.0 Å². The molecule has 1 atom stereocenters. The summed E-state index contributed by atoms with van der Waals surface area (Å²) < 4.78 is 12.7. The maximum absolute atomic E-state index is 6.34. The summed E-state index contributed by atoms with van der Waals surface area (Å²) in [4.78, 5) is 4.32. The molecule has 0 aromatic heterocycles. The van der Waals surface area contributed by atoms with Gasteiger partial charge < -0.3 is 18.7 Å². The zero-order valence-electron chi connectivity index (χ0n) is 14.9. The van der Waals surface area contributed by atoms with Gasteiger partial charge in [-0.05, 0) is 51.9 Å². The molecule has 128 valence electrons. The first kappa shape index (κ1) is 21.4. The van der Waals surface area contributed by atoms with E-state index in [1.54, 1.807) is 0 Å². The van der Waals surface area contributed by atoms with Crippen molar-refractivity contribution in [2.24, 2.45) is 0 Å². The summed E-state index contributed by atoms with van der Waals surface area (Å²) in [5.74, 6) is 0. The van der Waals surface area contributed by atoms with Gasteiger partial charge in [-0.1, -0.05) is 20.3 Å². The fourth-order valence-corrected chi connectivity index (χ4v) is 5.94. The highest BCUT2D eigenvalue weighted by molar-refractivity contribution is 7.80. The summed E-state index contributed by atoms with van der Waals surface area (Å²) in [5, 5.41) is 0.406. The Morgan fingerprint density at radius 3 is 1.76 bits per heavy atom. The Hall–Kier alpha value is 0.407. The van der Waals surface area contributed by atoms with Crippen molar-refractivity contribution in [1.82, 2.24) is 9.80 Å². The van der Waals surface area contributed by atoms with Gasteiger partial charge in [-0.15, -0.1) is 0 Å². The van der Waals surface area contributed by atoms with E-state index < -0.39 is 8.56 Å². The van der Waals surface area contributed by atoms with Gasteiger partial charge in [0, 0.05) is 26.3 Å². The lowest BCUT2D eigenvalue weighted by Gasteiger charge is -2.32. The van der Waals surface area contributed by atoms with Gasteiger partial charge in [0.25, 0.3) is 0 Å². The zero-order valence-corrected chi connectivity index (χ0v) is 16.8. The molecule has 6 heteroatoms. The third-order valence-corrected chi connectivity index (χ3v) is 7.41. The molecule has 0 bridgehead atoms. The molecule has 0 N–H and O–H groups in total. The van der Waals surface area contributed by atoms with Crippen molar-refractivity contribution in [3.63, 3.8) is 0 Å².